The van der Waals surface area contributed by atoms with Crippen molar-refractivity contribution in [3.63, 3.8) is 0 Å². The van der Waals surface area contributed by atoms with Crippen molar-refractivity contribution in [2.75, 3.05) is 37.6 Å². The van der Waals surface area contributed by atoms with Gasteiger partial charge in [-0.3, -0.25) is 14.7 Å². The highest BCUT2D eigenvalue weighted by atomic mass is 35.5. The number of rotatable bonds is 6. The van der Waals surface area contributed by atoms with Gasteiger partial charge in [0, 0.05) is 56.1 Å². The molecule has 1 amide bonds. The standard InChI is InChI=1S/C19H23ClN4O/c20-16-4-3-6-18(14-16)24-12-10-23(11-13-24)9-7-19(25)22-15-17-5-1-2-8-21-17/h1-6,8,14H,7,9-13,15H2,(H,22,25). The summed E-state index contributed by atoms with van der Waals surface area (Å²) in [6, 6.07) is 13.7. The van der Waals surface area contributed by atoms with Crippen LogP contribution in [0.4, 0.5) is 5.69 Å². The highest BCUT2D eigenvalue weighted by Crippen LogP contribution is 2.20. The molecule has 1 saturated heterocycles. The number of hydrogen-bond donors (Lipinski definition) is 1. The lowest BCUT2D eigenvalue weighted by Crippen LogP contribution is -2.47. The van der Waals surface area contributed by atoms with Gasteiger partial charge in [-0.25, -0.2) is 0 Å². The molecule has 0 bridgehead atoms. The fourth-order valence-electron chi connectivity index (χ4n) is 2.94. The molecule has 3 rings (SSSR count). The van der Waals surface area contributed by atoms with Crippen molar-refractivity contribution in [2.45, 2.75) is 13.0 Å². The Bertz CT molecular complexity index is 687. The molecule has 2 heterocycles. The number of hydrogen-bond acceptors (Lipinski definition) is 4. The third-order valence-corrected chi connectivity index (χ3v) is 4.63. The van der Waals surface area contributed by atoms with E-state index in [9.17, 15) is 4.79 Å². The van der Waals surface area contributed by atoms with E-state index in [-0.39, 0.29) is 5.91 Å². The molecule has 1 fully saturated rings. The van der Waals surface area contributed by atoms with Crippen molar-refractivity contribution in [3.05, 3.63) is 59.4 Å². The van der Waals surface area contributed by atoms with E-state index in [0.29, 0.717) is 13.0 Å². The van der Waals surface area contributed by atoms with E-state index in [2.05, 4.69) is 26.2 Å². The zero-order valence-electron chi connectivity index (χ0n) is 14.2. The largest absolute Gasteiger partial charge is 0.369 e. The molecule has 5 nitrogen and oxygen atoms in total. The van der Waals surface area contributed by atoms with Gasteiger partial charge in [0.2, 0.25) is 5.91 Å². The molecule has 0 saturated carbocycles. The number of carbonyl (C=O) groups excluding carboxylic acids is 1. The fourth-order valence-corrected chi connectivity index (χ4v) is 3.13. The molecule has 25 heavy (non-hydrogen) atoms. The van der Waals surface area contributed by atoms with Gasteiger partial charge in [-0.1, -0.05) is 23.7 Å². The van der Waals surface area contributed by atoms with Crippen LogP contribution in [0.5, 0.6) is 0 Å². The Kier molecular flexibility index (Phi) is 6.25. The summed E-state index contributed by atoms with van der Waals surface area (Å²) in [4.78, 5) is 20.9. The molecule has 6 heteroatoms. The number of aromatic nitrogens is 1. The van der Waals surface area contributed by atoms with Gasteiger partial charge in [0.25, 0.3) is 0 Å². The summed E-state index contributed by atoms with van der Waals surface area (Å²) in [5, 5.41) is 3.69. The number of nitrogens with one attached hydrogen (secondary N) is 1. The van der Waals surface area contributed by atoms with Gasteiger partial charge in [0.05, 0.1) is 12.2 Å². The van der Waals surface area contributed by atoms with Crippen LogP contribution in [-0.4, -0.2) is 48.5 Å². The van der Waals surface area contributed by atoms with Gasteiger partial charge >= 0.3 is 0 Å². The van der Waals surface area contributed by atoms with Crippen molar-refractivity contribution in [2.24, 2.45) is 0 Å². The predicted molar refractivity (Wildman–Crippen MR) is 101 cm³/mol. The Morgan fingerprint density at radius 2 is 1.96 bits per heavy atom. The van der Waals surface area contributed by atoms with Crippen molar-refractivity contribution in [3.8, 4) is 0 Å². The van der Waals surface area contributed by atoms with Gasteiger partial charge in [0.15, 0.2) is 0 Å². The maximum absolute atomic E-state index is 12.0. The van der Waals surface area contributed by atoms with E-state index in [0.717, 1.165) is 43.4 Å². The molecular weight excluding hydrogens is 336 g/mol. The Labute approximate surface area is 153 Å². The second-order valence-electron chi connectivity index (χ2n) is 6.16. The quantitative estimate of drug-likeness (QED) is 0.862. The number of anilines is 1. The van der Waals surface area contributed by atoms with E-state index >= 15 is 0 Å². The number of piperazine rings is 1. The van der Waals surface area contributed by atoms with Crippen LogP contribution in [-0.2, 0) is 11.3 Å². The Morgan fingerprint density at radius 3 is 2.68 bits per heavy atom. The second-order valence-corrected chi connectivity index (χ2v) is 6.59. The smallest absolute Gasteiger partial charge is 0.221 e. The third kappa shape index (κ3) is 5.44. The van der Waals surface area contributed by atoms with E-state index in [1.54, 1.807) is 6.20 Å². The van der Waals surface area contributed by atoms with Crippen LogP contribution in [0.1, 0.15) is 12.1 Å². The van der Waals surface area contributed by atoms with Crippen LogP contribution in [0.15, 0.2) is 48.7 Å². The fraction of sp³-hybridized carbons (Fsp3) is 0.368. The molecule has 0 atom stereocenters. The molecule has 0 spiro atoms. The highest BCUT2D eigenvalue weighted by Gasteiger charge is 2.17. The predicted octanol–water partition coefficient (Wildman–Crippen LogP) is 2.56. The van der Waals surface area contributed by atoms with Gasteiger partial charge in [-0.05, 0) is 30.3 Å². The van der Waals surface area contributed by atoms with Crippen LogP contribution >= 0.6 is 11.6 Å². The lowest BCUT2D eigenvalue weighted by atomic mass is 10.2. The summed E-state index contributed by atoms with van der Waals surface area (Å²) in [7, 11) is 0. The number of nitrogens with zero attached hydrogens (tertiary/aromatic N) is 3. The van der Waals surface area contributed by atoms with Gasteiger partial charge in [-0.15, -0.1) is 0 Å². The minimum Gasteiger partial charge on any atom is -0.369 e. The molecule has 1 aromatic carbocycles. The van der Waals surface area contributed by atoms with Gasteiger partial charge in [0.1, 0.15) is 0 Å². The normalized spacial score (nSPS) is 15.2. The first-order valence-electron chi connectivity index (χ1n) is 8.60. The van der Waals surface area contributed by atoms with Crippen LogP contribution < -0.4 is 10.2 Å². The molecule has 2 aromatic rings. The molecule has 1 aromatic heterocycles. The molecule has 0 aliphatic carbocycles. The Hall–Kier alpha value is -2.11. The van der Waals surface area contributed by atoms with Crippen molar-refractivity contribution < 1.29 is 4.79 Å². The zero-order valence-corrected chi connectivity index (χ0v) is 15.0. The zero-order chi connectivity index (χ0) is 17.5. The number of benzene rings is 1. The molecule has 1 aliphatic rings. The topological polar surface area (TPSA) is 48.5 Å². The van der Waals surface area contributed by atoms with Gasteiger partial charge < -0.3 is 10.2 Å². The number of carbonyl (C=O) groups is 1. The van der Waals surface area contributed by atoms with Crippen molar-refractivity contribution in [1.82, 2.24) is 15.2 Å². The minimum absolute atomic E-state index is 0.0722. The number of amides is 1. The Balaban J connectivity index is 1.37. The van der Waals surface area contributed by atoms with E-state index in [1.165, 1.54) is 5.69 Å². The van der Waals surface area contributed by atoms with Crippen molar-refractivity contribution in [1.29, 1.82) is 0 Å². The third-order valence-electron chi connectivity index (χ3n) is 4.39. The summed E-state index contributed by atoms with van der Waals surface area (Å²) in [6.07, 6.45) is 2.25. The summed E-state index contributed by atoms with van der Waals surface area (Å²) in [6.45, 7) is 5.10. The van der Waals surface area contributed by atoms with E-state index in [4.69, 9.17) is 11.6 Å². The second kappa shape index (κ2) is 8.83. The monoisotopic (exact) mass is 358 g/mol. The summed E-state index contributed by atoms with van der Waals surface area (Å²) in [5.41, 5.74) is 2.05. The summed E-state index contributed by atoms with van der Waals surface area (Å²) >= 11 is 6.07. The molecule has 132 valence electrons. The molecule has 1 N–H and O–H groups in total. The lowest BCUT2D eigenvalue weighted by molar-refractivity contribution is -0.121. The van der Waals surface area contributed by atoms with Crippen LogP contribution in [0.25, 0.3) is 0 Å². The van der Waals surface area contributed by atoms with E-state index in [1.807, 2.05) is 36.4 Å². The van der Waals surface area contributed by atoms with E-state index < -0.39 is 0 Å². The lowest BCUT2D eigenvalue weighted by Gasteiger charge is -2.36. The maximum atomic E-state index is 12.0. The summed E-state index contributed by atoms with van der Waals surface area (Å²) < 4.78 is 0. The van der Waals surface area contributed by atoms with Crippen LogP contribution in [0.3, 0.4) is 0 Å². The minimum atomic E-state index is 0.0722. The van der Waals surface area contributed by atoms with Crippen LogP contribution in [0.2, 0.25) is 5.02 Å². The molecule has 1 aliphatic heterocycles. The van der Waals surface area contributed by atoms with Crippen molar-refractivity contribution >= 4 is 23.2 Å². The van der Waals surface area contributed by atoms with Gasteiger partial charge in [-0.2, -0.15) is 0 Å². The first kappa shape index (κ1) is 17.7. The SMILES string of the molecule is O=C(CCN1CCN(c2cccc(Cl)c2)CC1)NCc1ccccn1. The molecule has 0 radical (unpaired) electrons. The Morgan fingerprint density at radius 1 is 1.12 bits per heavy atom. The number of halogens is 1. The summed E-state index contributed by atoms with van der Waals surface area (Å²) in [5.74, 6) is 0.0722. The first-order chi connectivity index (χ1) is 12.2. The van der Waals surface area contributed by atoms with Crippen LogP contribution in [0, 0.1) is 0 Å². The maximum Gasteiger partial charge on any atom is 0.221 e. The average molecular weight is 359 g/mol. The first-order valence-corrected chi connectivity index (χ1v) is 8.98. The highest BCUT2D eigenvalue weighted by molar-refractivity contribution is 6.30. The average Bonchev–Trinajstić information content (AvgIpc) is 2.66. The molecule has 0 unspecified atom stereocenters. The number of pyridine rings is 1. The molecular formula is C19H23ClN4O.